The lowest BCUT2D eigenvalue weighted by molar-refractivity contribution is -0.379. The standard InChI is InChI=1S/C72H131NO18/c1-3-5-7-9-11-13-15-17-18-19-20-21-22-23-24-25-26-27-28-29-30-31-32-33-34-35-36-38-39-41-43-45-47-49-56(77)55(73-60(78)50-48-46-44-42-40-37-16-14-12-10-8-6-4-2)54-86-70-66(84)63(81)68(58(52-75)88-70)91-72-67(85)64(82)69(59(53-76)89-72)90-71-65(83)62(80)61(79)57(51-74)87-71/h14,16,34-35,39,41,47,49,55-59,61-72,74-77,79-85H,3-13,15,17-33,36-38,40,42-46,48,50-54H2,1-2H3,(H,73,78)/b16-14-,35-34+,41-39+,49-47+. The Balaban J connectivity index is 1.39. The molecule has 0 aromatic carbocycles. The van der Waals surface area contributed by atoms with Crippen LogP contribution in [0.1, 0.15) is 271 Å². The maximum absolute atomic E-state index is 13.3. The molecule has 0 aromatic rings. The zero-order valence-corrected chi connectivity index (χ0v) is 56.3. The molecular weight excluding hydrogens is 1170 g/mol. The van der Waals surface area contributed by atoms with E-state index < -0.39 is 124 Å². The summed E-state index contributed by atoms with van der Waals surface area (Å²) in [5, 5.41) is 120. The van der Waals surface area contributed by atoms with E-state index in [9.17, 15) is 61.0 Å². The van der Waals surface area contributed by atoms with Crippen LogP contribution in [0.15, 0.2) is 48.6 Å². The normalized spacial score (nSPS) is 28.1. The minimum absolute atomic E-state index is 0.221. The van der Waals surface area contributed by atoms with Crippen molar-refractivity contribution in [3.8, 4) is 0 Å². The number of ether oxygens (including phenoxy) is 6. The Hall–Kier alpha value is -2.25. The van der Waals surface area contributed by atoms with Crippen LogP contribution >= 0.6 is 0 Å². The average molecular weight is 1300 g/mol. The quantitative estimate of drug-likeness (QED) is 0.0199. The Labute approximate surface area is 548 Å². The predicted molar refractivity (Wildman–Crippen MR) is 356 cm³/mol. The summed E-state index contributed by atoms with van der Waals surface area (Å²) in [7, 11) is 0. The Morgan fingerprint density at radius 1 is 0.385 bits per heavy atom. The highest BCUT2D eigenvalue weighted by Crippen LogP contribution is 2.33. The number of amides is 1. The first kappa shape index (κ1) is 83.0. The molecule has 1 amide bonds. The van der Waals surface area contributed by atoms with Crippen LogP contribution < -0.4 is 5.32 Å². The van der Waals surface area contributed by atoms with Crippen molar-refractivity contribution in [3.05, 3.63) is 48.6 Å². The smallest absolute Gasteiger partial charge is 0.220 e. The van der Waals surface area contributed by atoms with Gasteiger partial charge >= 0.3 is 0 Å². The molecule has 3 aliphatic rings. The van der Waals surface area contributed by atoms with Crippen LogP contribution in [0.4, 0.5) is 0 Å². The summed E-state index contributed by atoms with van der Waals surface area (Å²) in [6.07, 6.45) is 38.4. The number of allylic oxidation sites excluding steroid dienone is 7. The van der Waals surface area contributed by atoms with E-state index >= 15 is 0 Å². The summed E-state index contributed by atoms with van der Waals surface area (Å²) in [6.45, 7) is 1.69. The van der Waals surface area contributed by atoms with E-state index in [-0.39, 0.29) is 18.9 Å². The number of aliphatic hydroxyl groups excluding tert-OH is 11. The Morgan fingerprint density at radius 3 is 1.11 bits per heavy atom. The number of unbranched alkanes of at least 4 members (excludes halogenated alkanes) is 34. The van der Waals surface area contributed by atoms with Gasteiger partial charge in [-0.2, -0.15) is 0 Å². The van der Waals surface area contributed by atoms with E-state index in [4.69, 9.17) is 28.4 Å². The summed E-state index contributed by atoms with van der Waals surface area (Å²) < 4.78 is 34.3. The zero-order valence-electron chi connectivity index (χ0n) is 56.3. The third kappa shape index (κ3) is 35.5. The maximum Gasteiger partial charge on any atom is 0.220 e. The van der Waals surface area contributed by atoms with Crippen molar-refractivity contribution in [2.75, 3.05) is 26.4 Å². The van der Waals surface area contributed by atoms with Gasteiger partial charge in [-0.15, -0.1) is 0 Å². The monoisotopic (exact) mass is 1300 g/mol. The number of hydrogen-bond acceptors (Lipinski definition) is 18. The highest BCUT2D eigenvalue weighted by Gasteiger charge is 2.53. The number of rotatable bonds is 56. The molecule has 3 heterocycles. The molecule has 0 spiro atoms. The van der Waals surface area contributed by atoms with E-state index in [1.165, 1.54) is 173 Å². The molecule has 0 aromatic heterocycles. The van der Waals surface area contributed by atoms with Crippen molar-refractivity contribution in [2.24, 2.45) is 0 Å². The fourth-order valence-electron chi connectivity index (χ4n) is 12.2. The van der Waals surface area contributed by atoms with Gasteiger partial charge in [0.25, 0.3) is 0 Å². The zero-order chi connectivity index (χ0) is 66.1. The van der Waals surface area contributed by atoms with Crippen molar-refractivity contribution in [2.45, 2.75) is 375 Å². The van der Waals surface area contributed by atoms with E-state index in [0.717, 1.165) is 64.2 Å². The fourth-order valence-corrected chi connectivity index (χ4v) is 12.2. The van der Waals surface area contributed by atoms with E-state index in [1.54, 1.807) is 6.08 Å². The van der Waals surface area contributed by atoms with Crippen molar-refractivity contribution in [1.29, 1.82) is 0 Å². The van der Waals surface area contributed by atoms with Crippen LogP contribution in [0, 0.1) is 0 Å². The highest BCUT2D eigenvalue weighted by atomic mass is 16.8. The third-order valence-electron chi connectivity index (χ3n) is 18.1. The molecule has 19 nitrogen and oxygen atoms in total. The lowest BCUT2D eigenvalue weighted by atomic mass is 9.96. The van der Waals surface area contributed by atoms with Gasteiger partial charge in [0, 0.05) is 6.42 Å². The second-order valence-electron chi connectivity index (χ2n) is 26.0. The number of carbonyl (C=O) groups is 1. The SMILES string of the molecule is CCCCCC/C=C\CCCCCCCC(=O)NC(COC1OC(CO)C(OC2OC(CO)C(OC3OC(CO)C(O)C(O)C3O)C(O)C2O)C(O)C1O)C(O)/C=C/CC/C=C/CC/C=C/CCCCCCCCCCCCCCCCCCCCCCCCC. The van der Waals surface area contributed by atoms with Gasteiger partial charge in [-0.1, -0.05) is 242 Å². The van der Waals surface area contributed by atoms with Crippen molar-refractivity contribution in [1.82, 2.24) is 5.32 Å². The molecule has 17 unspecified atom stereocenters. The van der Waals surface area contributed by atoms with Gasteiger partial charge in [-0.3, -0.25) is 4.79 Å². The lowest BCUT2D eigenvalue weighted by Gasteiger charge is -2.48. The van der Waals surface area contributed by atoms with Crippen LogP contribution in [0.5, 0.6) is 0 Å². The molecule has 0 aliphatic carbocycles. The fraction of sp³-hybridized carbons (Fsp3) is 0.875. The molecule has 532 valence electrons. The molecule has 0 saturated carbocycles. The van der Waals surface area contributed by atoms with Crippen molar-refractivity contribution < 1.29 is 89.4 Å². The van der Waals surface area contributed by atoms with Gasteiger partial charge in [-0.25, -0.2) is 0 Å². The Morgan fingerprint density at radius 2 is 0.703 bits per heavy atom. The molecule has 3 fully saturated rings. The van der Waals surface area contributed by atoms with Gasteiger partial charge in [0.2, 0.25) is 5.91 Å². The van der Waals surface area contributed by atoms with E-state index in [2.05, 4.69) is 55.6 Å². The van der Waals surface area contributed by atoms with Gasteiger partial charge < -0.3 is 89.9 Å². The van der Waals surface area contributed by atoms with Crippen LogP contribution in [0.3, 0.4) is 0 Å². The molecule has 0 bridgehead atoms. The first-order valence-electron chi connectivity index (χ1n) is 36.4. The Kier molecular flexibility index (Phi) is 49.1. The first-order chi connectivity index (χ1) is 44.3. The van der Waals surface area contributed by atoms with E-state index in [0.29, 0.717) is 12.8 Å². The molecular formula is C72H131NO18. The van der Waals surface area contributed by atoms with Gasteiger partial charge in [0.1, 0.15) is 73.2 Å². The van der Waals surface area contributed by atoms with Crippen LogP contribution in [-0.4, -0.2) is 193 Å². The first-order valence-corrected chi connectivity index (χ1v) is 36.4. The van der Waals surface area contributed by atoms with Crippen molar-refractivity contribution >= 4 is 5.91 Å². The minimum atomic E-state index is -1.98. The van der Waals surface area contributed by atoms with Crippen LogP contribution in [0.25, 0.3) is 0 Å². The van der Waals surface area contributed by atoms with Gasteiger partial charge in [0.15, 0.2) is 18.9 Å². The second-order valence-corrected chi connectivity index (χ2v) is 26.0. The predicted octanol–water partition coefficient (Wildman–Crippen LogP) is 10.2. The molecule has 3 saturated heterocycles. The lowest BCUT2D eigenvalue weighted by Crippen LogP contribution is -2.66. The minimum Gasteiger partial charge on any atom is -0.394 e. The molecule has 3 aliphatic heterocycles. The summed E-state index contributed by atoms with van der Waals surface area (Å²) in [5.74, 6) is -0.299. The topological polar surface area (TPSA) is 307 Å². The molecule has 91 heavy (non-hydrogen) atoms. The molecule has 17 atom stereocenters. The average Bonchev–Trinajstić information content (AvgIpc) is 0.877. The third-order valence-corrected chi connectivity index (χ3v) is 18.1. The largest absolute Gasteiger partial charge is 0.394 e. The molecule has 3 rings (SSSR count). The van der Waals surface area contributed by atoms with Gasteiger partial charge in [0.05, 0.1) is 38.6 Å². The molecule has 0 radical (unpaired) electrons. The highest BCUT2D eigenvalue weighted by molar-refractivity contribution is 5.76. The number of hydrogen-bond donors (Lipinski definition) is 12. The number of carbonyl (C=O) groups excluding carboxylic acids is 1. The number of aliphatic hydroxyl groups is 11. The molecule has 19 heteroatoms. The van der Waals surface area contributed by atoms with Gasteiger partial charge in [-0.05, 0) is 70.6 Å². The van der Waals surface area contributed by atoms with E-state index in [1.807, 2.05) is 6.08 Å². The molecule has 12 N–H and O–H groups in total. The summed E-state index contributed by atoms with van der Waals surface area (Å²) in [5.41, 5.74) is 0. The summed E-state index contributed by atoms with van der Waals surface area (Å²) >= 11 is 0. The van der Waals surface area contributed by atoms with Crippen LogP contribution in [-0.2, 0) is 33.2 Å². The Bertz CT molecular complexity index is 1840. The second kappa shape index (κ2) is 53.8. The van der Waals surface area contributed by atoms with Crippen molar-refractivity contribution in [3.63, 3.8) is 0 Å². The maximum atomic E-state index is 13.3. The van der Waals surface area contributed by atoms with Crippen LogP contribution in [0.2, 0.25) is 0 Å². The number of nitrogens with one attached hydrogen (secondary N) is 1. The summed E-state index contributed by atoms with van der Waals surface area (Å²) in [6, 6.07) is -1.00. The summed E-state index contributed by atoms with van der Waals surface area (Å²) in [4.78, 5) is 13.3.